The molecule has 0 unspecified atom stereocenters. The molecule has 0 aliphatic carbocycles. The first kappa shape index (κ1) is 10.2. The van der Waals surface area contributed by atoms with Crippen LogP contribution in [0.1, 0.15) is 16.7 Å². The van der Waals surface area contributed by atoms with Crippen LogP contribution in [0.3, 0.4) is 0 Å². The predicted octanol–water partition coefficient (Wildman–Crippen LogP) is 1.23. The SMILES string of the molecule is Cc1cc(CN)c(C#N)c([N+](=O)[O-])c1. The van der Waals surface area contributed by atoms with E-state index in [0.29, 0.717) is 5.56 Å². The highest BCUT2D eigenvalue weighted by atomic mass is 16.6. The van der Waals surface area contributed by atoms with Gasteiger partial charge >= 0.3 is 0 Å². The largest absolute Gasteiger partial charge is 0.326 e. The monoisotopic (exact) mass is 191 g/mol. The minimum Gasteiger partial charge on any atom is -0.326 e. The van der Waals surface area contributed by atoms with Gasteiger partial charge in [0, 0.05) is 12.6 Å². The van der Waals surface area contributed by atoms with Gasteiger partial charge in [-0.05, 0) is 18.1 Å². The van der Waals surface area contributed by atoms with Crippen LogP contribution in [0.25, 0.3) is 0 Å². The van der Waals surface area contributed by atoms with E-state index >= 15 is 0 Å². The number of rotatable bonds is 2. The van der Waals surface area contributed by atoms with Crippen molar-refractivity contribution in [1.82, 2.24) is 0 Å². The Morgan fingerprint density at radius 3 is 2.71 bits per heavy atom. The summed E-state index contributed by atoms with van der Waals surface area (Å²) in [4.78, 5) is 10.0. The van der Waals surface area contributed by atoms with Crippen LogP contribution in [-0.4, -0.2) is 4.92 Å². The van der Waals surface area contributed by atoms with Crippen molar-refractivity contribution < 1.29 is 4.92 Å². The second-order valence-corrected chi connectivity index (χ2v) is 2.89. The molecular formula is C9H9N3O2. The van der Waals surface area contributed by atoms with E-state index in [2.05, 4.69) is 0 Å². The maximum atomic E-state index is 10.6. The first-order chi connectivity index (χ1) is 6.60. The molecule has 1 rings (SSSR count). The van der Waals surface area contributed by atoms with Crippen molar-refractivity contribution in [3.63, 3.8) is 0 Å². The fourth-order valence-electron chi connectivity index (χ4n) is 1.28. The van der Waals surface area contributed by atoms with E-state index in [-0.39, 0.29) is 17.8 Å². The molecule has 0 aromatic heterocycles. The number of aryl methyl sites for hydroxylation is 1. The summed E-state index contributed by atoms with van der Waals surface area (Å²) in [5.74, 6) is 0. The van der Waals surface area contributed by atoms with Crippen LogP contribution in [0.2, 0.25) is 0 Å². The molecule has 5 nitrogen and oxygen atoms in total. The molecule has 0 saturated heterocycles. The molecule has 72 valence electrons. The highest BCUT2D eigenvalue weighted by Gasteiger charge is 2.17. The molecule has 5 heteroatoms. The lowest BCUT2D eigenvalue weighted by Crippen LogP contribution is -2.03. The molecule has 0 atom stereocenters. The Morgan fingerprint density at radius 1 is 1.64 bits per heavy atom. The zero-order valence-electron chi connectivity index (χ0n) is 7.65. The third-order valence-electron chi connectivity index (χ3n) is 1.87. The molecular weight excluding hydrogens is 182 g/mol. The first-order valence-electron chi connectivity index (χ1n) is 3.98. The van der Waals surface area contributed by atoms with Gasteiger partial charge in [-0.2, -0.15) is 5.26 Å². The summed E-state index contributed by atoms with van der Waals surface area (Å²) in [7, 11) is 0. The summed E-state index contributed by atoms with van der Waals surface area (Å²) >= 11 is 0. The third kappa shape index (κ3) is 1.70. The normalized spacial score (nSPS) is 9.50. The van der Waals surface area contributed by atoms with E-state index in [1.807, 2.05) is 0 Å². The second-order valence-electron chi connectivity index (χ2n) is 2.89. The summed E-state index contributed by atoms with van der Waals surface area (Å²) in [5.41, 5.74) is 6.52. The molecule has 0 heterocycles. The quantitative estimate of drug-likeness (QED) is 0.562. The smallest absolute Gasteiger partial charge is 0.287 e. The summed E-state index contributed by atoms with van der Waals surface area (Å²) < 4.78 is 0. The Labute approximate surface area is 80.9 Å². The second kappa shape index (κ2) is 3.85. The topological polar surface area (TPSA) is 93.0 Å². The lowest BCUT2D eigenvalue weighted by molar-refractivity contribution is -0.385. The van der Waals surface area contributed by atoms with Crippen molar-refractivity contribution in [2.75, 3.05) is 0 Å². The van der Waals surface area contributed by atoms with Crippen molar-refractivity contribution in [1.29, 1.82) is 5.26 Å². The molecule has 0 fully saturated rings. The number of nitro benzene ring substituents is 1. The van der Waals surface area contributed by atoms with Gasteiger partial charge in [-0.1, -0.05) is 6.07 Å². The van der Waals surface area contributed by atoms with Crippen molar-refractivity contribution in [2.24, 2.45) is 5.73 Å². The Morgan fingerprint density at radius 2 is 2.29 bits per heavy atom. The Balaban J connectivity index is 3.49. The van der Waals surface area contributed by atoms with Crippen molar-refractivity contribution in [3.05, 3.63) is 38.9 Å². The number of nitrogens with zero attached hydrogens (tertiary/aromatic N) is 2. The van der Waals surface area contributed by atoms with Crippen LogP contribution >= 0.6 is 0 Å². The minimum atomic E-state index is -0.565. The lowest BCUT2D eigenvalue weighted by Gasteiger charge is -2.03. The predicted molar refractivity (Wildman–Crippen MR) is 50.4 cm³/mol. The van der Waals surface area contributed by atoms with E-state index in [0.717, 1.165) is 5.56 Å². The van der Waals surface area contributed by atoms with E-state index in [4.69, 9.17) is 11.0 Å². The van der Waals surface area contributed by atoms with Crippen molar-refractivity contribution >= 4 is 5.69 Å². The fourth-order valence-corrected chi connectivity index (χ4v) is 1.28. The molecule has 0 bridgehead atoms. The van der Waals surface area contributed by atoms with Gasteiger partial charge < -0.3 is 5.73 Å². The van der Waals surface area contributed by atoms with E-state index in [9.17, 15) is 10.1 Å². The molecule has 1 aromatic carbocycles. The van der Waals surface area contributed by atoms with Crippen LogP contribution in [-0.2, 0) is 6.54 Å². The Hall–Kier alpha value is -1.93. The summed E-state index contributed by atoms with van der Waals surface area (Å²) in [5, 5.41) is 19.4. The third-order valence-corrected chi connectivity index (χ3v) is 1.87. The van der Waals surface area contributed by atoms with Gasteiger partial charge in [0.15, 0.2) is 0 Å². The highest BCUT2D eigenvalue weighted by molar-refractivity contribution is 5.55. The van der Waals surface area contributed by atoms with Gasteiger partial charge in [-0.3, -0.25) is 10.1 Å². The molecule has 1 aromatic rings. The van der Waals surface area contributed by atoms with Gasteiger partial charge in [-0.15, -0.1) is 0 Å². The lowest BCUT2D eigenvalue weighted by atomic mass is 10.0. The van der Waals surface area contributed by atoms with Gasteiger partial charge in [0.2, 0.25) is 0 Å². The Kier molecular flexibility index (Phi) is 2.79. The standard InChI is InChI=1S/C9H9N3O2/c1-6-2-7(4-10)8(5-11)9(3-6)12(13)14/h2-3H,4,10H2,1H3. The van der Waals surface area contributed by atoms with E-state index in [1.165, 1.54) is 6.07 Å². The number of hydrogen-bond donors (Lipinski definition) is 1. The molecule has 14 heavy (non-hydrogen) atoms. The van der Waals surface area contributed by atoms with Gasteiger partial charge in [0.25, 0.3) is 5.69 Å². The molecule has 2 N–H and O–H groups in total. The van der Waals surface area contributed by atoms with Crippen LogP contribution < -0.4 is 5.73 Å². The van der Waals surface area contributed by atoms with Crippen LogP contribution in [0.5, 0.6) is 0 Å². The highest BCUT2D eigenvalue weighted by Crippen LogP contribution is 2.23. The van der Waals surface area contributed by atoms with Crippen LogP contribution in [0.15, 0.2) is 12.1 Å². The average Bonchev–Trinajstić information content (AvgIpc) is 2.16. The molecule has 0 aliphatic heterocycles. The molecule has 0 saturated carbocycles. The van der Waals surface area contributed by atoms with Crippen LogP contribution in [0.4, 0.5) is 5.69 Å². The number of nitrogens with two attached hydrogens (primary N) is 1. The number of nitro groups is 1. The molecule has 0 amide bonds. The van der Waals surface area contributed by atoms with Gasteiger partial charge in [0.05, 0.1) is 4.92 Å². The van der Waals surface area contributed by atoms with E-state index in [1.54, 1.807) is 19.1 Å². The molecule has 0 radical (unpaired) electrons. The minimum absolute atomic E-state index is 0.0584. The maximum Gasteiger partial charge on any atom is 0.287 e. The molecule has 0 spiro atoms. The van der Waals surface area contributed by atoms with Gasteiger partial charge in [0.1, 0.15) is 11.6 Å². The maximum absolute atomic E-state index is 10.6. The average molecular weight is 191 g/mol. The van der Waals surface area contributed by atoms with E-state index < -0.39 is 4.92 Å². The van der Waals surface area contributed by atoms with Crippen LogP contribution in [0, 0.1) is 28.4 Å². The summed E-state index contributed by atoms with van der Waals surface area (Å²) in [6.07, 6.45) is 0. The molecule has 0 aliphatic rings. The zero-order valence-corrected chi connectivity index (χ0v) is 7.65. The fraction of sp³-hybridized carbons (Fsp3) is 0.222. The summed E-state index contributed by atoms with van der Waals surface area (Å²) in [6.45, 7) is 1.86. The number of benzene rings is 1. The number of hydrogen-bond acceptors (Lipinski definition) is 4. The van der Waals surface area contributed by atoms with Crippen molar-refractivity contribution in [2.45, 2.75) is 13.5 Å². The first-order valence-corrected chi connectivity index (χ1v) is 3.98. The zero-order chi connectivity index (χ0) is 10.7. The number of nitriles is 1. The van der Waals surface area contributed by atoms with Gasteiger partial charge in [-0.25, -0.2) is 0 Å². The van der Waals surface area contributed by atoms with Crippen molar-refractivity contribution in [3.8, 4) is 6.07 Å². The Bertz CT molecular complexity index is 421. The summed E-state index contributed by atoms with van der Waals surface area (Å²) in [6, 6.07) is 4.86.